The van der Waals surface area contributed by atoms with Crippen molar-refractivity contribution in [1.29, 1.82) is 5.26 Å². The molecule has 3 rings (SSSR count). The first-order chi connectivity index (χ1) is 10.2. The molecule has 0 aliphatic carbocycles. The summed E-state index contributed by atoms with van der Waals surface area (Å²) >= 11 is 0. The number of anilines is 1. The lowest BCUT2D eigenvalue weighted by Crippen LogP contribution is -2.25. The molecule has 0 radical (unpaired) electrons. The first-order valence-corrected chi connectivity index (χ1v) is 7.26. The van der Waals surface area contributed by atoms with Crippen LogP contribution < -0.4 is 4.90 Å². The van der Waals surface area contributed by atoms with Crippen LogP contribution in [-0.4, -0.2) is 16.7 Å². The van der Waals surface area contributed by atoms with E-state index in [1.807, 2.05) is 13.8 Å². The minimum absolute atomic E-state index is 0.655. The average molecular weight is 278 g/mol. The Morgan fingerprint density at radius 3 is 2.67 bits per heavy atom. The number of hydrogen-bond acceptors (Lipinski definition) is 4. The molecule has 0 bridgehead atoms. The third-order valence-corrected chi connectivity index (χ3v) is 4.20. The number of benzene rings is 1. The van der Waals surface area contributed by atoms with Crippen LogP contribution in [0.25, 0.3) is 0 Å². The fourth-order valence-corrected chi connectivity index (χ4v) is 2.83. The lowest BCUT2D eigenvalue weighted by atomic mass is 10.0. The molecule has 0 atom stereocenters. The number of nitrogens with zero attached hydrogens (tertiary/aromatic N) is 4. The molecule has 1 aliphatic heterocycles. The summed E-state index contributed by atoms with van der Waals surface area (Å²) in [7, 11) is 0. The van der Waals surface area contributed by atoms with Crippen molar-refractivity contribution in [2.45, 2.75) is 33.2 Å². The van der Waals surface area contributed by atoms with Gasteiger partial charge in [-0.15, -0.1) is 5.10 Å². The van der Waals surface area contributed by atoms with Crippen molar-refractivity contribution in [1.82, 2.24) is 10.2 Å². The molecule has 2 heterocycles. The van der Waals surface area contributed by atoms with Crippen molar-refractivity contribution in [3.05, 3.63) is 52.2 Å². The standard InChI is InChI=1S/C17H18N4/c1-12-13(2)19-20-17(16(12)10-18)21-9-5-8-14-6-3-4-7-15(14)11-21/h3-4,6-7H,5,8-9,11H2,1-2H3. The largest absolute Gasteiger partial charge is 0.350 e. The van der Waals surface area contributed by atoms with Crippen molar-refractivity contribution in [2.75, 3.05) is 11.4 Å². The fourth-order valence-electron chi connectivity index (χ4n) is 2.83. The molecular weight excluding hydrogens is 260 g/mol. The lowest BCUT2D eigenvalue weighted by Gasteiger charge is -2.23. The zero-order chi connectivity index (χ0) is 14.8. The molecule has 0 saturated heterocycles. The number of fused-ring (bicyclic) bond motifs is 1. The smallest absolute Gasteiger partial charge is 0.169 e. The zero-order valence-corrected chi connectivity index (χ0v) is 12.4. The fraction of sp³-hybridized carbons (Fsp3) is 0.353. The summed E-state index contributed by atoms with van der Waals surface area (Å²) in [5.74, 6) is 0.720. The summed E-state index contributed by atoms with van der Waals surface area (Å²) < 4.78 is 0. The van der Waals surface area contributed by atoms with Gasteiger partial charge in [0.15, 0.2) is 5.82 Å². The van der Waals surface area contributed by atoms with Gasteiger partial charge in [0.2, 0.25) is 0 Å². The third kappa shape index (κ3) is 2.47. The maximum absolute atomic E-state index is 9.48. The van der Waals surface area contributed by atoms with Crippen LogP contribution in [0, 0.1) is 25.2 Å². The van der Waals surface area contributed by atoms with Crippen molar-refractivity contribution in [3.63, 3.8) is 0 Å². The lowest BCUT2D eigenvalue weighted by molar-refractivity contribution is 0.739. The molecule has 1 aromatic carbocycles. The van der Waals surface area contributed by atoms with Crippen LogP contribution in [0.4, 0.5) is 5.82 Å². The van der Waals surface area contributed by atoms with E-state index >= 15 is 0 Å². The van der Waals surface area contributed by atoms with Crippen molar-refractivity contribution < 1.29 is 0 Å². The molecule has 0 saturated carbocycles. The van der Waals surface area contributed by atoms with Gasteiger partial charge in [0.1, 0.15) is 11.6 Å². The van der Waals surface area contributed by atoms with E-state index in [0.717, 1.165) is 43.0 Å². The van der Waals surface area contributed by atoms with E-state index in [9.17, 15) is 5.26 Å². The Morgan fingerprint density at radius 2 is 1.90 bits per heavy atom. The van der Waals surface area contributed by atoms with E-state index in [0.29, 0.717) is 5.56 Å². The molecule has 1 aliphatic rings. The average Bonchev–Trinajstić information content (AvgIpc) is 2.72. The second kappa shape index (κ2) is 5.53. The Hall–Kier alpha value is -2.41. The van der Waals surface area contributed by atoms with Gasteiger partial charge in [0.25, 0.3) is 0 Å². The summed E-state index contributed by atoms with van der Waals surface area (Å²) in [6.45, 7) is 5.53. The molecule has 2 aromatic rings. The minimum Gasteiger partial charge on any atom is -0.350 e. The molecule has 21 heavy (non-hydrogen) atoms. The van der Waals surface area contributed by atoms with Crippen LogP contribution in [-0.2, 0) is 13.0 Å². The Kier molecular flexibility index (Phi) is 3.57. The van der Waals surface area contributed by atoms with Crippen molar-refractivity contribution in [3.8, 4) is 6.07 Å². The van der Waals surface area contributed by atoms with Gasteiger partial charge in [-0.2, -0.15) is 10.4 Å². The molecule has 0 fully saturated rings. The van der Waals surface area contributed by atoms with Crippen molar-refractivity contribution in [2.24, 2.45) is 0 Å². The van der Waals surface area contributed by atoms with Crippen LogP contribution >= 0.6 is 0 Å². The normalized spacial score (nSPS) is 14.2. The van der Waals surface area contributed by atoms with Gasteiger partial charge >= 0.3 is 0 Å². The predicted octanol–water partition coefficient (Wildman–Crippen LogP) is 2.92. The molecule has 106 valence electrons. The Labute approximate surface area is 125 Å². The number of aryl methyl sites for hydroxylation is 2. The van der Waals surface area contributed by atoms with Gasteiger partial charge in [-0.05, 0) is 43.4 Å². The molecular formula is C17H18N4. The van der Waals surface area contributed by atoms with Gasteiger partial charge < -0.3 is 4.90 Å². The van der Waals surface area contributed by atoms with Gasteiger partial charge in [-0.3, -0.25) is 0 Å². The molecule has 0 unspecified atom stereocenters. The SMILES string of the molecule is Cc1nnc(N2CCCc3ccccc3C2)c(C#N)c1C. The second-order valence-electron chi connectivity index (χ2n) is 5.51. The summed E-state index contributed by atoms with van der Waals surface area (Å²) in [5.41, 5.74) is 5.13. The number of rotatable bonds is 1. The molecule has 1 aromatic heterocycles. The van der Waals surface area contributed by atoms with Crippen LogP contribution in [0.2, 0.25) is 0 Å². The number of hydrogen-bond donors (Lipinski definition) is 0. The Morgan fingerprint density at radius 1 is 1.14 bits per heavy atom. The highest BCUT2D eigenvalue weighted by Gasteiger charge is 2.20. The summed E-state index contributed by atoms with van der Waals surface area (Å²) in [4.78, 5) is 2.18. The quantitative estimate of drug-likeness (QED) is 0.805. The highest BCUT2D eigenvalue weighted by molar-refractivity contribution is 5.58. The van der Waals surface area contributed by atoms with E-state index in [1.54, 1.807) is 0 Å². The molecule has 0 spiro atoms. The van der Waals surface area contributed by atoms with E-state index in [-0.39, 0.29) is 0 Å². The topological polar surface area (TPSA) is 52.8 Å². The highest BCUT2D eigenvalue weighted by atomic mass is 15.3. The first-order valence-electron chi connectivity index (χ1n) is 7.26. The second-order valence-corrected chi connectivity index (χ2v) is 5.51. The summed E-state index contributed by atoms with van der Waals surface area (Å²) in [6, 6.07) is 10.8. The predicted molar refractivity (Wildman–Crippen MR) is 82.0 cm³/mol. The van der Waals surface area contributed by atoms with E-state index in [1.165, 1.54) is 11.1 Å². The van der Waals surface area contributed by atoms with E-state index in [2.05, 4.69) is 45.4 Å². The van der Waals surface area contributed by atoms with Gasteiger partial charge in [0.05, 0.1) is 5.69 Å². The monoisotopic (exact) mass is 278 g/mol. The Balaban J connectivity index is 2.02. The van der Waals surface area contributed by atoms with Crippen LogP contribution in [0.3, 0.4) is 0 Å². The molecule has 0 N–H and O–H groups in total. The maximum atomic E-state index is 9.48. The zero-order valence-electron chi connectivity index (χ0n) is 12.4. The maximum Gasteiger partial charge on any atom is 0.169 e. The first kappa shape index (κ1) is 13.6. The summed E-state index contributed by atoms with van der Waals surface area (Å²) in [5, 5.41) is 18.0. The van der Waals surface area contributed by atoms with Gasteiger partial charge in [-0.1, -0.05) is 24.3 Å². The van der Waals surface area contributed by atoms with E-state index < -0.39 is 0 Å². The van der Waals surface area contributed by atoms with E-state index in [4.69, 9.17) is 0 Å². The Bertz CT molecular complexity index is 715. The summed E-state index contributed by atoms with van der Waals surface area (Å²) in [6.07, 6.45) is 2.14. The van der Waals surface area contributed by atoms with Gasteiger partial charge in [0, 0.05) is 13.1 Å². The molecule has 4 heteroatoms. The minimum atomic E-state index is 0.655. The van der Waals surface area contributed by atoms with Crippen LogP contribution in [0.15, 0.2) is 24.3 Å². The van der Waals surface area contributed by atoms with Gasteiger partial charge in [-0.25, -0.2) is 0 Å². The third-order valence-electron chi connectivity index (χ3n) is 4.20. The number of nitriles is 1. The van der Waals surface area contributed by atoms with Crippen LogP contribution in [0.1, 0.15) is 34.4 Å². The molecule has 0 amide bonds. The van der Waals surface area contributed by atoms with Crippen LogP contribution in [0.5, 0.6) is 0 Å². The molecule has 4 nitrogen and oxygen atoms in total. The highest BCUT2D eigenvalue weighted by Crippen LogP contribution is 2.26. The van der Waals surface area contributed by atoms with Crippen molar-refractivity contribution >= 4 is 5.82 Å². The number of aromatic nitrogens is 2.